The summed E-state index contributed by atoms with van der Waals surface area (Å²) in [7, 11) is -3.30. The molecule has 124 valence electrons. The Hall–Kier alpha value is -0.170. The van der Waals surface area contributed by atoms with E-state index in [9.17, 15) is 8.42 Å². The maximum absolute atomic E-state index is 12.5. The van der Waals surface area contributed by atoms with Gasteiger partial charge in [0.25, 0.3) is 10.2 Å². The molecule has 1 saturated heterocycles. The zero-order chi connectivity index (χ0) is 15.3. The monoisotopic (exact) mass is 317 g/mol. The second-order valence-electron chi connectivity index (χ2n) is 6.64. The largest absolute Gasteiger partial charge is 0.316 e. The first kappa shape index (κ1) is 17.2. The minimum atomic E-state index is -3.30. The Morgan fingerprint density at radius 2 is 1.86 bits per heavy atom. The molecule has 0 aromatic rings. The van der Waals surface area contributed by atoms with E-state index < -0.39 is 10.2 Å². The summed E-state index contributed by atoms with van der Waals surface area (Å²) in [6.07, 6.45) is 7.09. The number of nitrogens with one attached hydrogen (secondary N) is 2. The van der Waals surface area contributed by atoms with Crippen molar-refractivity contribution in [3.63, 3.8) is 0 Å². The van der Waals surface area contributed by atoms with Crippen molar-refractivity contribution in [2.75, 3.05) is 26.2 Å². The van der Waals surface area contributed by atoms with Gasteiger partial charge in [-0.05, 0) is 64.0 Å². The molecule has 2 aliphatic rings. The van der Waals surface area contributed by atoms with Gasteiger partial charge in [-0.15, -0.1) is 0 Å². The molecule has 2 fully saturated rings. The molecular weight excluding hydrogens is 286 g/mol. The van der Waals surface area contributed by atoms with Crippen LogP contribution in [0.3, 0.4) is 0 Å². The Labute approximate surface area is 130 Å². The number of hydrogen-bond acceptors (Lipinski definition) is 3. The summed E-state index contributed by atoms with van der Waals surface area (Å²) in [5.41, 5.74) is -0.154. The molecule has 2 rings (SSSR count). The minimum absolute atomic E-state index is 0.154. The molecule has 0 aromatic carbocycles. The van der Waals surface area contributed by atoms with Gasteiger partial charge in [0.15, 0.2) is 0 Å². The Morgan fingerprint density at radius 3 is 2.33 bits per heavy atom. The van der Waals surface area contributed by atoms with Gasteiger partial charge in [0, 0.05) is 18.6 Å². The van der Waals surface area contributed by atoms with Gasteiger partial charge in [0.1, 0.15) is 0 Å². The average Bonchev–Trinajstić information content (AvgIpc) is 2.44. The van der Waals surface area contributed by atoms with E-state index in [2.05, 4.69) is 23.9 Å². The summed E-state index contributed by atoms with van der Waals surface area (Å²) in [6, 6.07) is 0. The number of piperidine rings is 1. The van der Waals surface area contributed by atoms with Gasteiger partial charge >= 0.3 is 0 Å². The summed E-state index contributed by atoms with van der Waals surface area (Å²) < 4.78 is 29.7. The van der Waals surface area contributed by atoms with E-state index in [0.29, 0.717) is 19.0 Å². The first-order valence-electron chi connectivity index (χ1n) is 8.51. The van der Waals surface area contributed by atoms with E-state index in [-0.39, 0.29) is 5.54 Å². The lowest BCUT2D eigenvalue weighted by Gasteiger charge is -2.43. The van der Waals surface area contributed by atoms with Gasteiger partial charge in [0.2, 0.25) is 0 Å². The van der Waals surface area contributed by atoms with Gasteiger partial charge in [-0.1, -0.05) is 13.8 Å². The molecule has 0 aromatic heterocycles. The molecule has 0 bridgehead atoms. The van der Waals surface area contributed by atoms with Crippen molar-refractivity contribution < 1.29 is 8.42 Å². The zero-order valence-corrected chi connectivity index (χ0v) is 14.3. The fraction of sp³-hybridized carbons (Fsp3) is 1.00. The molecule has 0 amide bonds. The lowest BCUT2D eigenvalue weighted by Crippen LogP contribution is -2.57. The van der Waals surface area contributed by atoms with Crippen LogP contribution in [0, 0.1) is 5.92 Å². The number of nitrogens with zero attached hydrogens (tertiary/aromatic N) is 1. The van der Waals surface area contributed by atoms with Crippen LogP contribution >= 0.6 is 0 Å². The molecule has 0 spiro atoms. The van der Waals surface area contributed by atoms with Crippen LogP contribution in [-0.2, 0) is 10.2 Å². The van der Waals surface area contributed by atoms with Crippen molar-refractivity contribution in [3.05, 3.63) is 0 Å². The van der Waals surface area contributed by atoms with E-state index in [0.717, 1.165) is 58.0 Å². The van der Waals surface area contributed by atoms with Crippen molar-refractivity contribution in [2.45, 2.75) is 64.3 Å². The number of hydrogen-bond donors (Lipinski definition) is 2. The molecule has 21 heavy (non-hydrogen) atoms. The maximum atomic E-state index is 12.5. The number of rotatable bonds is 8. The van der Waals surface area contributed by atoms with Crippen molar-refractivity contribution >= 4 is 10.2 Å². The third kappa shape index (κ3) is 4.41. The highest BCUT2D eigenvalue weighted by Crippen LogP contribution is 2.35. The third-order valence-corrected chi connectivity index (χ3v) is 6.84. The Morgan fingerprint density at radius 1 is 1.19 bits per heavy atom. The molecule has 2 N–H and O–H groups in total. The predicted molar refractivity (Wildman–Crippen MR) is 86.4 cm³/mol. The second kappa shape index (κ2) is 7.40. The molecule has 0 radical (unpaired) electrons. The summed E-state index contributed by atoms with van der Waals surface area (Å²) in [6.45, 7) is 7.64. The normalized spacial score (nSPS) is 23.9. The maximum Gasteiger partial charge on any atom is 0.279 e. The molecule has 1 aliphatic carbocycles. The summed E-state index contributed by atoms with van der Waals surface area (Å²) >= 11 is 0. The standard InChI is InChI=1S/C15H31N3O2S/c1-3-10-16-13-14-6-11-18(12-7-14)21(19,20)17-15(4-2)8-5-9-15/h14,16-17H,3-13H2,1-2H3. The zero-order valence-electron chi connectivity index (χ0n) is 13.5. The van der Waals surface area contributed by atoms with Gasteiger partial charge in [-0.3, -0.25) is 0 Å². The summed E-state index contributed by atoms with van der Waals surface area (Å²) in [5, 5.41) is 3.44. The highest BCUT2D eigenvalue weighted by molar-refractivity contribution is 7.87. The van der Waals surface area contributed by atoms with Gasteiger partial charge in [-0.2, -0.15) is 17.4 Å². The molecular formula is C15H31N3O2S. The summed E-state index contributed by atoms with van der Waals surface area (Å²) in [5.74, 6) is 0.617. The van der Waals surface area contributed by atoms with E-state index >= 15 is 0 Å². The second-order valence-corrected chi connectivity index (χ2v) is 8.31. The van der Waals surface area contributed by atoms with E-state index in [4.69, 9.17) is 0 Å². The molecule has 1 aliphatic heterocycles. The van der Waals surface area contributed by atoms with Crippen LogP contribution in [0.4, 0.5) is 0 Å². The molecule has 0 unspecified atom stereocenters. The van der Waals surface area contributed by atoms with E-state index in [1.54, 1.807) is 4.31 Å². The molecule has 6 heteroatoms. The van der Waals surface area contributed by atoms with E-state index in [1.807, 2.05) is 0 Å². The van der Waals surface area contributed by atoms with Crippen LogP contribution < -0.4 is 10.0 Å². The molecule has 5 nitrogen and oxygen atoms in total. The fourth-order valence-corrected chi connectivity index (χ4v) is 5.02. The quantitative estimate of drug-likeness (QED) is 0.672. The first-order chi connectivity index (χ1) is 10.0. The van der Waals surface area contributed by atoms with Crippen LogP contribution in [0.5, 0.6) is 0 Å². The highest BCUT2D eigenvalue weighted by Gasteiger charge is 2.41. The van der Waals surface area contributed by atoms with Gasteiger partial charge in [-0.25, -0.2) is 0 Å². The fourth-order valence-electron chi connectivity index (χ4n) is 3.31. The molecule has 1 saturated carbocycles. The van der Waals surface area contributed by atoms with Crippen LogP contribution in [0.2, 0.25) is 0 Å². The topological polar surface area (TPSA) is 61.4 Å². The Balaban J connectivity index is 1.80. The average molecular weight is 317 g/mol. The Bertz CT molecular complexity index is 407. The lowest BCUT2D eigenvalue weighted by atomic mass is 9.76. The smallest absolute Gasteiger partial charge is 0.279 e. The van der Waals surface area contributed by atoms with E-state index in [1.165, 1.54) is 0 Å². The minimum Gasteiger partial charge on any atom is -0.316 e. The predicted octanol–water partition coefficient (Wildman–Crippen LogP) is 1.87. The Kier molecular flexibility index (Phi) is 6.05. The van der Waals surface area contributed by atoms with Crippen molar-refractivity contribution in [1.29, 1.82) is 0 Å². The van der Waals surface area contributed by atoms with Gasteiger partial charge in [0.05, 0.1) is 0 Å². The third-order valence-electron chi connectivity index (χ3n) is 5.11. The van der Waals surface area contributed by atoms with Crippen molar-refractivity contribution in [1.82, 2.24) is 14.3 Å². The highest BCUT2D eigenvalue weighted by atomic mass is 32.2. The molecule has 1 heterocycles. The van der Waals surface area contributed by atoms with Crippen molar-refractivity contribution in [2.24, 2.45) is 5.92 Å². The first-order valence-corrected chi connectivity index (χ1v) is 9.95. The molecule has 0 atom stereocenters. The van der Waals surface area contributed by atoms with Crippen LogP contribution in [0.15, 0.2) is 0 Å². The lowest BCUT2D eigenvalue weighted by molar-refractivity contribution is 0.201. The summed E-state index contributed by atoms with van der Waals surface area (Å²) in [4.78, 5) is 0. The SMILES string of the molecule is CCCNCC1CCN(S(=O)(=O)NC2(CC)CCC2)CC1. The van der Waals surface area contributed by atoms with Crippen LogP contribution in [0.1, 0.15) is 58.8 Å². The van der Waals surface area contributed by atoms with Crippen LogP contribution in [0.25, 0.3) is 0 Å². The van der Waals surface area contributed by atoms with Crippen LogP contribution in [-0.4, -0.2) is 44.4 Å². The van der Waals surface area contributed by atoms with Gasteiger partial charge < -0.3 is 5.32 Å². The van der Waals surface area contributed by atoms with Crippen molar-refractivity contribution in [3.8, 4) is 0 Å².